The first-order chi connectivity index (χ1) is 13.2. The van der Waals surface area contributed by atoms with Crippen LogP contribution in [0.15, 0.2) is 29.1 Å². The highest BCUT2D eigenvalue weighted by molar-refractivity contribution is 5.72. The molecule has 28 heavy (non-hydrogen) atoms. The molecule has 0 saturated carbocycles. The second-order valence-corrected chi connectivity index (χ2v) is 6.13. The molecule has 0 bridgehead atoms. The number of hydrogen-bond donors (Lipinski definition) is 3. The fraction of sp³-hybridized carbons (Fsp3) is 0.316. The van der Waals surface area contributed by atoms with Crippen molar-refractivity contribution in [1.82, 2.24) is 4.57 Å². The van der Waals surface area contributed by atoms with Gasteiger partial charge in [-0.1, -0.05) is 6.07 Å². The Hall–Kier alpha value is -3.49. The van der Waals surface area contributed by atoms with Crippen LogP contribution in [0, 0.1) is 6.92 Å². The molecule has 2 rings (SSSR count). The molecule has 1 atom stereocenters. The van der Waals surface area contributed by atoms with Gasteiger partial charge >= 0.3 is 11.9 Å². The lowest BCUT2D eigenvalue weighted by Crippen LogP contribution is -2.30. The van der Waals surface area contributed by atoms with E-state index >= 15 is 0 Å². The van der Waals surface area contributed by atoms with Gasteiger partial charge in [0.15, 0.2) is 11.5 Å². The SMILES string of the molecule is COC(=O)C[C@H](c1ccc(OC)c(O)c1)c1c(O)cc(C)n(CC(=O)O)c1=O. The molecule has 0 amide bonds. The van der Waals surface area contributed by atoms with Gasteiger partial charge in [0.2, 0.25) is 0 Å². The van der Waals surface area contributed by atoms with Crippen LogP contribution in [0.2, 0.25) is 0 Å². The molecule has 1 heterocycles. The number of benzene rings is 1. The van der Waals surface area contributed by atoms with Gasteiger partial charge in [-0.25, -0.2) is 0 Å². The van der Waals surface area contributed by atoms with Crippen molar-refractivity contribution in [1.29, 1.82) is 0 Å². The summed E-state index contributed by atoms with van der Waals surface area (Å²) >= 11 is 0. The first-order valence-corrected chi connectivity index (χ1v) is 8.28. The van der Waals surface area contributed by atoms with Gasteiger partial charge in [0.05, 0.1) is 26.2 Å². The molecule has 9 nitrogen and oxygen atoms in total. The fourth-order valence-electron chi connectivity index (χ4n) is 2.99. The molecule has 0 aliphatic carbocycles. The van der Waals surface area contributed by atoms with Crippen LogP contribution < -0.4 is 10.3 Å². The number of ether oxygens (including phenoxy) is 2. The van der Waals surface area contributed by atoms with Crippen LogP contribution in [0.4, 0.5) is 0 Å². The van der Waals surface area contributed by atoms with Crippen LogP contribution in [0.25, 0.3) is 0 Å². The number of aliphatic carboxylic acids is 1. The summed E-state index contributed by atoms with van der Waals surface area (Å²) in [6, 6.07) is 5.56. The van der Waals surface area contributed by atoms with Crippen molar-refractivity contribution in [3.05, 3.63) is 51.4 Å². The minimum absolute atomic E-state index is 0.165. The molecule has 0 saturated heterocycles. The van der Waals surface area contributed by atoms with Gasteiger partial charge in [0.1, 0.15) is 12.3 Å². The molecule has 3 N–H and O–H groups in total. The van der Waals surface area contributed by atoms with E-state index in [1.165, 1.54) is 45.4 Å². The molecule has 1 aromatic heterocycles. The molecular weight excluding hydrogens is 370 g/mol. The first-order valence-electron chi connectivity index (χ1n) is 8.28. The van der Waals surface area contributed by atoms with E-state index in [2.05, 4.69) is 4.74 Å². The molecule has 9 heteroatoms. The van der Waals surface area contributed by atoms with Gasteiger partial charge in [0, 0.05) is 11.6 Å². The molecule has 0 aliphatic rings. The van der Waals surface area contributed by atoms with Crippen molar-refractivity contribution in [2.24, 2.45) is 0 Å². The molecule has 2 aromatic rings. The zero-order chi connectivity index (χ0) is 21.0. The van der Waals surface area contributed by atoms with E-state index < -0.39 is 30.0 Å². The third kappa shape index (κ3) is 4.25. The van der Waals surface area contributed by atoms with Crippen LogP contribution in [0.3, 0.4) is 0 Å². The molecule has 0 fully saturated rings. The average molecular weight is 391 g/mol. The van der Waals surface area contributed by atoms with E-state index in [-0.39, 0.29) is 34.9 Å². The van der Waals surface area contributed by atoms with E-state index in [9.17, 15) is 24.6 Å². The molecule has 0 radical (unpaired) electrons. The summed E-state index contributed by atoms with van der Waals surface area (Å²) in [4.78, 5) is 36.0. The number of phenols is 1. The smallest absolute Gasteiger partial charge is 0.323 e. The fourth-order valence-corrected chi connectivity index (χ4v) is 2.99. The number of carboxylic acid groups (broad SMARTS) is 1. The van der Waals surface area contributed by atoms with Crippen molar-refractivity contribution in [3.8, 4) is 17.2 Å². The summed E-state index contributed by atoms with van der Waals surface area (Å²) in [5.74, 6) is -3.26. The van der Waals surface area contributed by atoms with Crippen LogP contribution >= 0.6 is 0 Å². The summed E-state index contributed by atoms with van der Waals surface area (Å²) in [6.07, 6.45) is -0.304. The van der Waals surface area contributed by atoms with E-state index in [4.69, 9.17) is 9.84 Å². The summed E-state index contributed by atoms with van der Waals surface area (Å²) in [5, 5.41) is 29.6. The summed E-state index contributed by atoms with van der Waals surface area (Å²) in [7, 11) is 2.56. The number of pyridine rings is 1. The third-order valence-corrected chi connectivity index (χ3v) is 4.37. The average Bonchev–Trinajstić information content (AvgIpc) is 2.63. The number of aromatic hydroxyl groups is 2. The highest BCUT2D eigenvalue weighted by Crippen LogP contribution is 2.36. The van der Waals surface area contributed by atoms with Crippen molar-refractivity contribution < 1.29 is 34.4 Å². The van der Waals surface area contributed by atoms with Gasteiger partial charge in [-0.15, -0.1) is 0 Å². The maximum absolute atomic E-state index is 12.9. The number of rotatable bonds is 7. The van der Waals surface area contributed by atoms with Crippen LogP contribution in [-0.2, 0) is 20.9 Å². The van der Waals surface area contributed by atoms with Gasteiger partial charge in [-0.2, -0.15) is 0 Å². The third-order valence-electron chi connectivity index (χ3n) is 4.37. The standard InChI is InChI=1S/C19H21NO8/c1-10-6-14(22)18(19(26)20(10)9-16(23)24)12(8-17(25)28-3)11-4-5-15(27-2)13(21)7-11/h4-7,12,21-22H,8-9H2,1-3H3,(H,23,24)/t12-/m1/s1. The molecule has 1 aromatic carbocycles. The number of hydrogen-bond acceptors (Lipinski definition) is 7. The molecular formula is C19H21NO8. The zero-order valence-electron chi connectivity index (χ0n) is 15.6. The Balaban J connectivity index is 2.71. The van der Waals surface area contributed by atoms with E-state index in [0.29, 0.717) is 5.56 Å². The number of phenolic OH excluding ortho intramolecular Hbond substituents is 1. The van der Waals surface area contributed by atoms with Crippen molar-refractivity contribution in [2.45, 2.75) is 25.8 Å². The maximum atomic E-state index is 12.9. The summed E-state index contributed by atoms with van der Waals surface area (Å²) in [5.41, 5.74) is -0.309. The van der Waals surface area contributed by atoms with E-state index in [1.807, 2.05) is 0 Å². The Morgan fingerprint density at radius 2 is 1.82 bits per heavy atom. The van der Waals surface area contributed by atoms with Gasteiger partial charge in [0.25, 0.3) is 5.56 Å². The minimum Gasteiger partial charge on any atom is -0.507 e. The Bertz CT molecular complexity index is 963. The number of esters is 1. The number of aryl methyl sites for hydroxylation is 1. The normalized spacial score (nSPS) is 11.7. The van der Waals surface area contributed by atoms with Gasteiger partial charge in [-0.05, 0) is 30.7 Å². The summed E-state index contributed by atoms with van der Waals surface area (Å²) in [6.45, 7) is 0.888. The first kappa shape index (κ1) is 20.8. The lowest BCUT2D eigenvalue weighted by atomic mass is 9.88. The topological polar surface area (TPSA) is 135 Å². The van der Waals surface area contributed by atoms with Gasteiger partial charge < -0.3 is 29.4 Å². The predicted octanol–water partition coefficient (Wildman–Crippen LogP) is 1.36. The predicted molar refractivity (Wildman–Crippen MR) is 97.9 cm³/mol. The van der Waals surface area contributed by atoms with Crippen molar-refractivity contribution >= 4 is 11.9 Å². The number of carboxylic acids is 1. The number of carbonyl (C=O) groups excluding carboxylic acids is 1. The molecule has 0 spiro atoms. The highest BCUT2D eigenvalue weighted by atomic mass is 16.5. The van der Waals surface area contributed by atoms with Crippen LogP contribution in [-0.4, -0.2) is 46.0 Å². The lowest BCUT2D eigenvalue weighted by molar-refractivity contribution is -0.141. The zero-order valence-corrected chi connectivity index (χ0v) is 15.6. The second kappa shape index (κ2) is 8.47. The second-order valence-electron chi connectivity index (χ2n) is 6.13. The quantitative estimate of drug-likeness (QED) is 0.602. The largest absolute Gasteiger partial charge is 0.507 e. The number of nitrogens with zero attached hydrogens (tertiary/aromatic N) is 1. The monoisotopic (exact) mass is 391 g/mol. The minimum atomic E-state index is -1.23. The Labute approximate surface area is 160 Å². The molecule has 150 valence electrons. The Morgan fingerprint density at radius 3 is 2.36 bits per heavy atom. The number of carbonyl (C=O) groups is 2. The highest BCUT2D eigenvalue weighted by Gasteiger charge is 2.27. The lowest BCUT2D eigenvalue weighted by Gasteiger charge is -2.20. The molecule has 0 aliphatic heterocycles. The van der Waals surface area contributed by atoms with Gasteiger partial charge in [-0.3, -0.25) is 14.4 Å². The van der Waals surface area contributed by atoms with E-state index in [1.54, 1.807) is 0 Å². The van der Waals surface area contributed by atoms with Crippen molar-refractivity contribution in [3.63, 3.8) is 0 Å². The molecule has 0 unspecified atom stereocenters. The van der Waals surface area contributed by atoms with Crippen molar-refractivity contribution in [2.75, 3.05) is 14.2 Å². The summed E-state index contributed by atoms with van der Waals surface area (Å²) < 4.78 is 10.7. The Kier molecular flexibility index (Phi) is 6.29. The maximum Gasteiger partial charge on any atom is 0.323 e. The number of aromatic nitrogens is 1. The van der Waals surface area contributed by atoms with E-state index in [0.717, 1.165) is 4.57 Å². The Morgan fingerprint density at radius 1 is 1.14 bits per heavy atom. The van der Waals surface area contributed by atoms with Crippen LogP contribution in [0.1, 0.15) is 29.2 Å². The van der Waals surface area contributed by atoms with Crippen LogP contribution in [0.5, 0.6) is 17.2 Å². The number of methoxy groups -OCH3 is 2.